The number of hydrogen-bond donors (Lipinski definition) is 1. The van der Waals surface area contributed by atoms with Crippen LogP contribution in [0.25, 0.3) is 6.08 Å². The van der Waals surface area contributed by atoms with Crippen molar-refractivity contribution in [1.29, 1.82) is 0 Å². The third-order valence-corrected chi connectivity index (χ3v) is 5.13. The molecule has 1 aromatic carbocycles. The van der Waals surface area contributed by atoms with Gasteiger partial charge in [-0.3, -0.25) is 9.69 Å². The molecule has 130 valence electrons. The van der Waals surface area contributed by atoms with Crippen molar-refractivity contribution in [2.45, 2.75) is 38.6 Å². The summed E-state index contributed by atoms with van der Waals surface area (Å²) in [7, 11) is 0. The number of rotatable bonds is 4. The Bertz CT molecular complexity index is 644. The van der Waals surface area contributed by atoms with Gasteiger partial charge in [-0.15, -0.1) is 0 Å². The highest BCUT2D eigenvalue weighted by molar-refractivity contribution is 6.30. The maximum Gasteiger partial charge on any atom is 0.222 e. The van der Waals surface area contributed by atoms with Gasteiger partial charge in [-0.1, -0.05) is 23.3 Å². The van der Waals surface area contributed by atoms with Gasteiger partial charge in [0.2, 0.25) is 5.91 Å². The van der Waals surface area contributed by atoms with Gasteiger partial charge in [-0.25, -0.2) is 0 Å². The van der Waals surface area contributed by atoms with Crippen molar-refractivity contribution in [2.75, 3.05) is 26.2 Å². The van der Waals surface area contributed by atoms with E-state index in [0.29, 0.717) is 23.4 Å². The lowest BCUT2D eigenvalue weighted by molar-refractivity contribution is -0.130. The fraction of sp³-hybridized carbons (Fsp3) is 0.526. The average Bonchev–Trinajstić information content (AvgIpc) is 2.97. The topological polar surface area (TPSA) is 43.8 Å². The molecule has 2 fully saturated rings. The van der Waals surface area contributed by atoms with Crippen molar-refractivity contribution >= 4 is 23.6 Å². The molecular weight excluding hydrogens is 324 g/mol. The highest BCUT2D eigenvalue weighted by Gasteiger charge is 2.31. The molecule has 0 radical (unpaired) electrons. The summed E-state index contributed by atoms with van der Waals surface area (Å²) in [6.45, 7) is 5.85. The van der Waals surface area contributed by atoms with E-state index in [0.717, 1.165) is 51.0 Å². The van der Waals surface area contributed by atoms with E-state index in [4.69, 9.17) is 11.6 Å². The van der Waals surface area contributed by atoms with Crippen LogP contribution in [0.5, 0.6) is 5.75 Å². The first-order chi connectivity index (χ1) is 11.5. The van der Waals surface area contributed by atoms with E-state index in [9.17, 15) is 9.90 Å². The molecule has 2 aliphatic rings. The monoisotopic (exact) mass is 348 g/mol. The quantitative estimate of drug-likeness (QED) is 0.905. The van der Waals surface area contributed by atoms with E-state index in [2.05, 4.69) is 16.7 Å². The molecule has 0 unspecified atom stereocenters. The first-order valence-electron chi connectivity index (χ1n) is 8.70. The number of hydrogen-bond acceptors (Lipinski definition) is 3. The third kappa shape index (κ3) is 4.11. The molecule has 0 aromatic heterocycles. The van der Waals surface area contributed by atoms with Crippen LogP contribution in [-0.2, 0) is 4.79 Å². The third-order valence-electron chi connectivity index (χ3n) is 4.90. The number of phenols is 1. The molecule has 2 aliphatic heterocycles. The maximum absolute atomic E-state index is 12.0. The minimum absolute atomic E-state index is 0.248. The zero-order chi connectivity index (χ0) is 17.1. The zero-order valence-corrected chi connectivity index (χ0v) is 14.9. The predicted octanol–water partition coefficient (Wildman–Crippen LogP) is 3.54. The molecule has 0 bridgehead atoms. The van der Waals surface area contributed by atoms with Gasteiger partial charge in [0.05, 0.1) is 0 Å². The van der Waals surface area contributed by atoms with Gasteiger partial charge in [0, 0.05) is 42.7 Å². The average molecular weight is 349 g/mol. The van der Waals surface area contributed by atoms with Gasteiger partial charge < -0.3 is 10.0 Å². The molecular formula is C19H25ClN2O2. The van der Waals surface area contributed by atoms with Crippen LogP contribution in [-0.4, -0.2) is 53.0 Å². The van der Waals surface area contributed by atoms with E-state index in [1.807, 2.05) is 6.08 Å². The van der Waals surface area contributed by atoms with Crippen LogP contribution < -0.4 is 0 Å². The second-order valence-corrected chi connectivity index (χ2v) is 7.35. The van der Waals surface area contributed by atoms with E-state index >= 15 is 0 Å². The lowest BCUT2D eigenvalue weighted by Crippen LogP contribution is -2.48. The van der Waals surface area contributed by atoms with Crippen LogP contribution in [0, 0.1) is 0 Å². The second-order valence-electron chi connectivity index (χ2n) is 6.92. The molecule has 2 saturated heterocycles. The zero-order valence-electron chi connectivity index (χ0n) is 14.2. The maximum atomic E-state index is 12.0. The number of phenolic OH excluding ortho intramolecular Hbond substituents is 1. The molecule has 1 amide bonds. The Kier molecular flexibility index (Phi) is 5.47. The van der Waals surface area contributed by atoms with Gasteiger partial charge >= 0.3 is 0 Å². The molecule has 0 spiro atoms. The minimum atomic E-state index is 0.248. The van der Waals surface area contributed by atoms with Gasteiger partial charge in [-0.05, 0) is 50.9 Å². The first-order valence-corrected chi connectivity index (χ1v) is 9.08. The standard InChI is InChI=1S/C19H25ClN2O2/c1-14(10-15-11-16(20)6-7-18(15)23)12-21-8-2-4-17(13-21)22-9-3-5-19(22)24/h6-7,10-11,17,23H,2-5,8-9,12-13H2,1H3/b14-10+/t17-/m1/s1. The number of nitrogens with zero attached hydrogens (tertiary/aromatic N) is 2. The molecule has 1 atom stereocenters. The molecule has 5 heteroatoms. The summed E-state index contributed by atoms with van der Waals surface area (Å²) in [5, 5.41) is 10.6. The summed E-state index contributed by atoms with van der Waals surface area (Å²) in [5.74, 6) is 0.566. The van der Waals surface area contributed by atoms with Crippen LogP contribution in [0.3, 0.4) is 0 Å². The number of benzene rings is 1. The van der Waals surface area contributed by atoms with Crippen molar-refractivity contribution in [2.24, 2.45) is 0 Å². The molecule has 2 heterocycles. The van der Waals surface area contributed by atoms with Crippen LogP contribution >= 0.6 is 11.6 Å². The minimum Gasteiger partial charge on any atom is -0.507 e. The predicted molar refractivity (Wildman–Crippen MR) is 97.2 cm³/mol. The fourth-order valence-electron chi connectivity index (χ4n) is 3.79. The summed E-state index contributed by atoms with van der Waals surface area (Å²) in [5.41, 5.74) is 1.93. The molecule has 3 rings (SSSR count). The number of piperidine rings is 1. The fourth-order valence-corrected chi connectivity index (χ4v) is 3.97. The summed E-state index contributed by atoms with van der Waals surface area (Å²) in [4.78, 5) is 16.5. The lowest BCUT2D eigenvalue weighted by Gasteiger charge is -2.37. The largest absolute Gasteiger partial charge is 0.507 e. The number of carbonyl (C=O) groups excluding carboxylic acids is 1. The first kappa shape index (κ1) is 17.3. The van der Waals surface area contributed by atoms with Crippen molar-refractivity contribution in [3.05, 3.63) is 34.4 Å². The Balaban J connectivity index is 1.63. The summed E-state index contributed by atoms with van der Waals surface area (Å²) in [6, 6.07) is 5.45. The van der Waals surface area contributed by atoms with Crippen molar-refractivity contribution in [3.63, 3.8) is 0 Å². The normalized spacial score (nSPS) is 23.1. The molecule has 0 saturated carbocycles. The second kappa shape index (κ2) is 7.58. The van der Waals surface area contributed by atoms with E-state index in [1.165, 1.54) is 5.57 Å². The van der Waals surface area contributed by atoms with E-state index in [-0.39, 0.29) is 5.75 Å². The van der Waals surface area contributed by atoms with E-state index < -0.39 is 0 Å². The highest BCUT2D eigenvalue weighted by atomic mass is 35.5. The summed E-state index contributed by atoms with van der Waals surface area (Å²) >= 11 is 6.01. The van der Waals surface area contributed by atoms with E-state index in [1.54, 1.807) is 18.2 Å². The highest BCUT2D eigenvalue weighted by Crippen LogP contribution is 2.25. The number of likely N-dealkylation sites (tertiary alicyclic amines) is 2. The Morgan fingerprint density at radius 3 is 2.96 bits per heavy atom. The summed E-state index contributed by atoms with van der Waals surface area (Å²) in [6.07, 6.45) is 5.95. The van der Waals surface area contributed by atoms with Crippen molar-refractivity contribution in [1.82, 2.24) is 9.80 Å². The number of aromatic hydroxyl groups is 1. The molecule has 1 N–H and O–H groups in total. The number of amides is 1. The summed E-state index contributed by atoms with van der Waals surface area (Å²) < 4.78 is 0. The van der Waals surface area contributed by atoms with Crippen molar-refractivity contribution < 1.29 is 9.90 Å². The molecule has 24 heavy (non-hydrogen) atoms. The number of halogens is 1. The van der Waals surface area contributed by atoms with Gasteiger partial charge in [0.15, 0.2) is 0 Å². The Morgan fingerprint density at radius 1 is 1.38 bits per heavy atom. The molecule has 0 aliphatic carbocycles. The van der Waals surface area contributed by atoms with Crippen LogP contribution in [0.1, 0.15) is 38.2 Å². The number of carbonyl (C=O) groups is 1. The van der Waals surface area contributed by atoms with Crippen LogP contribution in [0.4, 0.5) is 0 Å². The molecule has 4 nitrogen and oxygen atoms in total. The van der Waals surface area contributed by atoms with Gasteiger partial charge in [0.1, 0.15) is 5.75 Å². The lowest BCUT2D eigenvalue weighted by atomic mass is 10.0. The van der Waals surface area contributed by atoms with Gasteiger partial charge in [0.25, 0.3) is 0 Å². The van der Waals surface area contributed by atoms with Gasteiger partial charge in [-0.2, -0.15) is 0 Å². The van der Waals surface area contributed by atoms with Crippen molar-refractivity contribution in [3.8, 4) is 5.75 Å². The van der Waals surface area contributed by atoms with Crippen LogP contribution in [0.15, 0.2) is 23.8 Å². The molecule has 1 aromatic rings. The SMILES string of the molecule is C/C(=C\c1cc(Cl)ccc1O)CN1CCC[C@@H](N2CCCC2=O)C1. The smallest absolute Gasteiger partial charge is 0.222 e. The Labute approximate surface area is 148 Å². The Hall–Kier alpha value is -1.52. The Morgan fingerprint density at radius 2 is 2.21 bits per heavy atom. The van der Waals surface area contributed by atoms with Crippen LogP contribution in [0.2, 0.25) is 5.02 Å².